The largest absolute Gasteiger partial charge is 0.303 e. The second-order valence-corrected chi connectivity index (χ2v) is 10.6. The Bertz CT molecular complexity index is 788. The van der Waals surface area contributed by atoms with E-state index in [-0.39, 0.29) is 0 Å². The average Bonchev–Trinajstić information content (AvgIpc) is 3.30. The Balaban J connectivity index is 1.41. The summed E-state index contributed by atoms with van der Waals surface area (Å²) in [6.07, 6.45) is 9.73. The fraction of sp³-hybridized carbons (Fsp3) is 0.769. The van der Waals surface area contributed by atoms with E-state index in [0.717, 1.165) is 49.2 Å². The molecule has 32 heavy (non-hydrogen) atoms. The molecule has 178 valence electrons. The zero-order chi connectivity index (χ0) is 22.5. The predicted molar refractivity (Wildman–Crippen MR) is 131 cm³/mol. The lowest BCUT2D eigenvalue weighted by atomic mass is 10.00. The molecule has 0 spiro atoms. The van der Waals surface area contributed by atoms with Crippen molar-refractivity contribution in [1.29, 1.82) is 0 Å². The Morgan fingerprint density at radius 2 is 1.22 bits per heavy atom. The molecule has 2 aliphatic heterocycles. The Kier molecular flexibility index (Phi) is 8.06. The monoisotopic (exact) mass is 440 g/mol. The van der Waals surface area contributed by atoms with Crippen LogP contribution in [0.25, 0.3) is 0 Å². The molecule has 0 radical (unpaired) electrons. The first-order chi connectivity index (χ1) is 15.5. The highest BCUT2D eigenvalue weighted by Crippen LogP contribution is 2.19. The molecular weight excluding hydrogens is 396 g/mol. The highest BCUT2D eigenvalue weighted by molar-refractivity contribution is 5.16. The first kappa shape index (κ1) is 23.5. The summed E-state index contributed by atoms with van der Waals surface area (Å²) in [5.41, 5.74) is 2.50. The minimum atomic E-state index is 0.840. The zero-order valence-electron chi connectivity index (χ0n) is 20.9. The van der Waals surface area contributed by atoms with Gasteiger partial charge in [0.15, 0.2) is 11.6 Å². The molecule has 0 amide bonds. The van der Waals surface area contributed by atoms with Gasteiger partial charge in [0.05, 0.1) is 0 Å². The van der Waals surface area contributed by atoms with Crippen molar-refractivity contribution in [3.63, 3.8) is 0 Å². The van der Waals surface area contributed by atoms with Gasteiger partial charge in [0.2, 0.25) is 0 Å². The first-order valence-corrected chi connectivity index (χ1v) is 13.0. The number of piperidine rings is 2. The number of hydrogen-bond donors (Lipinski definition) is 0. The van der Waals surface area contributed by atoms with Crippen molar-refractivity contribution in [2.24, 2.45) is 11.8 Å². The number of aromatic nitrogens is 4. The van der Waals surface area contributed by atoms with Crippen LogP contribution in [0.15, 0.2) is 12.1 Å². The Hall–Kier alpha value is -1.66. The molecule has 0 saturated carbocycles. The molecule has 4 rings (SSSR count). The van der Waals surface area contributed by atoms with Crippen LogP contribution in [-0.4, -0.2) is 68.6 Å². The maximum Gasteiger partial charge on any atom is 0.153 e. The van der Waals surface area contributed by atoms with Crippen LogP contribution < -0.4 is 0 Å². The molecule has 2 aliphatic rings. The zero-order valence-corrected chi connectivity index (χ0v) is 20.9. The SMILES string of the molecule is Cc1ccc(C)n1-n1c(CCCN2CCCC(C)C2)nnc1CCCN1CCCC(C)C1. The van der Waals surface area contributed by atoms with E-state index in [4.69, 9.17) is 0 Å². The molecule has 0 aliphatic carbocycles. The van der Waals surface area contributed by atoms with Crippen LogP contribution in [0.4, 0.5) is 0 Å². The van der Waals surface area contributed by atoms with Crippen molar-refractivity contribution in [3.05, 3.63) is 35.2 Å². The smallest absolute Gasteiger partial charge is 0.153 e. The van der Waals surface area contributed by atoms with E-state index in [2.05, 4.69) is 69.2 Å². The van der Waals surface area contributed by atoms with Crippen LogP contribution in [0.1, 0.15) is 75.4 Å². The molecule has 2 fully saturated rings. The lowest BCUT2D eigenvalue weighted by Gasteiger charge is -2.30. The predicted octanol–water partition coefficient (Wildman–Crippen LogP) is 4.34. The molecule has 2 saturated heterocycles. The molecule has 2 aromatic rings. The second kappa shape index (κ2) is 11.0. The van der Waals surface area contributed by atoms with E-state index in [0.29, 0.717) is 0 Å². The summed E-state index contributed by atoms with van der Waals surface area (Å²) in [5.74, 6) is 3.90. The van der Waals surface area contributed by atoms with Gasteiger partial charge in [0, 0.05) is 37.3 Å². The summed E-state index contributed by atoms with van der Waals surface area (Å²) in [6, 6.07) is 4.40. The van der Waals surface area contributed by atoms with Gasteiger partial charge in [-0.05, 0) is 103 Å². The number of aryl methyl sites for hydroxylation is 4. The van der Waals surface area contributed by atoms with Crippen molar-refractivity contribution in [2.45, 2.75) is 79.1 Å². The van der Waals surface area contributed by atoms with Crippen molar-refractivity contribution >= 4 is 0 Å². The normalized spacial score (nSPS) is 23.1. The molecule has 2 unspecified atom stereocenters. The van der Waals surface area contributed by atoms with Gasteiger partial charge in [-0.1, -0.05) is 13.8 Å². The van der Waals surface area contributed by atoms with Crippen LogP contribution in [0.3, 0.4) is 0 Å². The second-order valence-electron chi connectivity index (χ2n) is 10.6. The van der Waals surface area contributed by atoms with Gasteiger partial charge in [0.25, 0.3) is 0 Å². The van der Waals surface area contributed by atoms with Crippen LogP contribution in [0.2, 0.25) is 0 Å². The maximum absolute atomic E-state index is 4.69. The fourth-order valence-corrected chi connectivity index (χ4v) is 5.77. The van der Waals surface area contributed by atoms with E-state index in [1.807, 2.05) is 0 Å². The third-order valence-corrected chi connectivity index (χ3v) is 7.44. The molecule has 6 heteroatoms. The topological polar surface area (TPSA) is 42.1 Å². The van der Waals surface area contributed by atoms with Gasteiger partial charge in [-0.25, -0.2) is 4.68 Å². The van der Waals surface area contributed by atoms with Crippen molar-refractivity contribution in [2.75, 3.05) is 39.3 Å². The van der Waals surface area contributed by atoms with Crippen LogP contribution >= 0.6 is 0 Å². The van der Waals surface area contributed by atoms with Gasteiger partial charge in [-0.3, -0.25) is 4.68 Å². The van der Waals surface area contributed by atoms with E-state index in [1.54, 1.807) is 0 Å². The van der Waals surface area contributed by atoms with Crippen LogP contribution in [-0.2, 0) is 12.8 Å². The Morgan fingerprint density at radius 3 is 1.66 bits per heavy atom. The number of nitrogens with zero attached hydrogens (tertiary/aromatic N) is 6. The molecular formula is C26H44N6. The van der Waals surface area contributed by atoms with E-state index >= 15 is 0 Å². The van der Waals surface area contributed by atoms with Gasteiger partial charge >= 0.3 is 0 Å². The van der Waals surface area contributed by atoms with Gasteiger partial charge in [-0.15, -0.1) is 10.2 Å². The summed E-state index contributed by atoms with van der Waals surface area (Å²) in [7, 11) is 0. The molecule has 2 atom stereocenters. The molecule has 6 nitrogen and oxygen atoms in total. The lowest BCUT2D eigenvalue weighted by Crippen LogP contribution is -2.35. The quantitative estimate of drug-likeness (QED) is 0.582. The highest BCUT2D eigenvalue weighted by atomic mass is 15.5. The number of rotatable bonds is 9. The van der Waals surface area contributed by atoms with Crippen LogP contribution in [0.5, 0.6) is 0 Å². The van der Waals surface area contributed by atoms with Crippen molar-refractivity contribution in [3.8, 4) is 0 Å². The number of likely N-dealkylation sites (tertiary alicyclic amines) is 2. The number of hydrogen-bond acceptors (Lipinski definition) is 4. The minimum absolute atomic E-state index is 0.840. The molecule has 0 N–H and O–H groups in total. The summed E-state index contributed by atoms with van der Waals surface area (Å²) in [5, 5.41) is 9.38. The average molecular weight is 441 g/mol. The summed E-state index contributed by atoms with van der Waals surface area (Å²) >= 11 is 0. The molecule has 0 aromatic carbocycles. The molecule has 4 heterocycles. The van der Waals surface area contributed by atoms with Gasteiger partial charge in [-0.2, -0.15) is 0 Å². The summed E-state index contributed by atoms with van der Waals surface area (Å²) in [6.45, 7) is 16.5. The summed E-state index contributed by atoms with van der Waals surface area (Å²) in [4.78, 5) is 5.28. The summed E-state index contributed by atoms with van der Waals surface area (Å²) < 4.78 is 4.64. The van der Waals surface area contributed by atoms with Crippen LogP contribution in [0, 0.1) is 25.7 Å². The Morgan fingerprint density at radius 1 is 0.750 bits per heavy atom. The van der Waals surface area contributed by atoms with Crippen molar-refractivity contribution < 1.29 is 0 Å². The third-order valence-electron chi connectivity index (χ3n) is 7.44. The highest BCUT2D eigenvalue weighted by Gasteiger charge is 2.20. The maximum atomic E-state index is 4.69. The molecule has 0 bridgehead atoms. The van der Waals surface area contributed by atoms with E-state index < -0.39 is 0 Å². The van der Waals surface area contributed by atoms with E-state index in [9.17, 15) is 0 Å². The van der Waals surface area contributed by atoms with E-state index in [1.165, 1.54) is 76.3 Å². The van der Waals surface area contributed by atoms with Gasteiger partial charge in [0.1, 0.15) is 0 Å². The van der Waals surface area contributed by atoms with Crippen molar-refractivity contribution in [1.82, 2.24) is 29.3 Å². The lowest BCUT2D eigenvalue weighted by molar-refractivity contribution is 0.181. The Labute approximate surface area is 195 Å². The standard InChI is InChI=1S/C26H44N6/c1-21-9-5-15-29(19-21)17-7-11-25-27-28-26(32(25)31-23(3)13-14-24(31)4)12-8-18-30-16-6-10-22(2)20-30/h13-14,21-22H,5-12,15-20H2,1-4H3. The third kappa shape index (κ3) is 5.82. The molecule has 2 aromatic heterocycles. The minimum Gasteiger partial charge on any atom is -0.303 e. The van der Waals surface area contributed by atoms with Gasteiger partial charge < -0.3 is 9.80 Å². The fourth-order valence-electron chi connectivity index (χ4n) is 5.77. The first-order valence-electron chi connectivity index (χ1n) is 13.0.